The Kier molecular flexibility index (Phi) is 6.57. The standard InChI is InChI=1S/C22H24N4O2/c1-16-14-20(21(27)24-15-18-6-4-3-5-7-18)26-22(25-16)23-13-12-17-8-10-19(28-2)11-9-17/h3-11,14H,12-13,15H2,1-2H3,(H,24,27)(H,23,25,26). The first-order valence-electron chi connectivity index (χ1n) is 9.18. The number of anilines is 1. The van der Waals surface area contributed by atoms with E-state index in [9.17, 15) is 4.79 Å². The molecule has 0 saturated heterocycles. The van der Waals surface area contributed by atoms with Gasteiger partial charge in [-0.2, -0.15) is 0 Å². The van der Waals surface area contributed by atoms with E-state index in [1.165, 1.54) is 5.56 Å². The number of benzene rings is 2. The number of aromatic nitrogens is 2. The summed E-state index contributed by atoms with van der Waals surface area (Å²) < 4.78 is 5.17. The van der Waals surface area contributed by atoms with Gasteiger partial charge in [0.1, 0.15) is 11.4 Å². The fourth-order valence-electron chi connectivity index (χ4n) is 2.74. The Labute approximate surface area is 165 Å². The average molecular weight is 376 g/mol. The van der Waals surface area contributed by atoms with Crippen LogP contribution in [0.2, 0.25) is 0 Å². The fourth-order valence-corrected chi connectivity index (χ4v) is 2.74. The Morgan fingerprint density at radius 1 is 1.00 bits per heavy atom. The molecule has 0 bridgehead atoms. The number of nitrogens with zero attached hydrogens (tertiary/aromatic N) is 2. The monoisotopic (exact) mass is 376 g/mol. The Hall–Kier alpha value is -3.41. The van der Waals surface area contributed by atoms with Gasteiger partial charge in [-0.3, -0.25) is 4.79 Å². The Morgan fingerprint density at radius 3 is 2.46 bits per heavy atom. The van der Waals surface area contributed by atoms with Crippen molar-refractivity contribution >= 4 is 11.9 Å². The zero-order valence-corrected chi connectivity index (χ0v) is 16.1. The molecule has 3 rings (SSSR count). The summed E-state index contributed by atoms with van der Waals surface area (Å²) in [6.45, 7) is 2.98. The molecule has 0 aliphatic rings. The van der Waals surface area contributed by atoms with Gasteiger partial charge in [-0.25, -0.2) is 9.97 Å². The largest absolute Gasteiger partial charge is 0.497 e. The van der Waals surface area contributed by atoms with Crippen LogP contribution < -0.4 is 15.4 Å². The number of amides is 1. The number of carbonyl (C=O) groups is 1. The average Bonchev–Trinajstić information content (AvgIpc) is 2.73. The zero-order valence-electron chi connectivity index (χ0n) is 16.1. The van der Waals surface area contributed by atoms with Gasteiger partial charge in [0.25, 0.3) is 5.91 Å². The molecule has 28 heavy (non-hydrogen) atoms. The normalized spacial score (nSPS) is 10.4. The lowest BCUT2D eigenvalue weighted by Crippen LogP contribution is -2.24. The van der Waals surface area contributed by atoms with Gasteiger partial charge < -0.3 is 15.4 Å². The van der Waals surface area contributed by atoms with E-state index in [-0.39, 0.29) is 5.91 Å². The number of rotatable bonds is 8. The van der Waals surface area contributed by atoms with Crippen LogP contribution in [0.4, 0.5) is 5.95 Å². The first-order valence-corrected chi connectivity index (χ1v) is 9.18. The van der Waals surface area contributed by atoms with Crippen LogP contribution in [0.1, 0.15) is 27.3 Å². The predicted molar refractivity (Wildman–Crippen MR) is 110 cm³/mol. The van der Waals surface area contributed by atoms with Crippen molar-refractivity contribution in [2.45, 2.75) is 19.9 Å². The molecule has 3 aromatic rings. The summed E-state index contributed by atoms with van der Waals surface area (Å²) >= 11 is 0. The minimum absolute atomic E-state index is 0.215. The summed E-state index contributed by atoms with van der Waals surface area (Å²) in [4.78, 5) is 21.2. The second kappa shape index (κ2) is 9.50. The molecule has 2 N–H and O–H groups in total. The molecule has 1 amide bonds. The van der Waals surface area contributed by atoms with Crippen molar-refractivity contribution in [2.24, 2.45) is 0 Å². The van der Waals surface area contributed by atoms with E-state index in [0.717, 1.165) is 23.4 Å². The molecular weight excluding hydrogens is 352 g/mol. The second-order valence-corrected chi connectivity index (χ2v) is 6.41. The van der Waals surface area contributed by atoms with Gasteiger partial charge in [0.05, 0.1) is 7.11 Å². The summed E-state index contributed by atoms with van der Waals surface area (Å²) in [7, 11) is 1.65. The molecule has 0 unspecified atom stereocenters. The molecule has 0 radical (unpaired) electrons. The molecule has 0 spiro atoms. The number of hydrogen-bond acceptors (Lipinski definition) is 5. The number of methoxy groups -OCH3 is 1. The number of carbonyl (C=O) groups excluding carboxylic acids is 1. The molecule has 0 atom stereocenters. The van der Waals surface area contributed by atoms with E-state index < -0.39 is 0 Å². The van der Waals surface area contributed by atoms with Crippen LogP contribution in [-0.2, 0) is 13.0 Å². The lowest BCUT2D eigenvalue weighted by Gasteiger charge is -2.09. The van der Waals surface area contributed by atoms with E-state index in [2.05, 4.69) is 20.6 Å². The second-order valence-electron chi connectivity index (χ2n) is 6.41. The van der Waals surface area contributed by atoms with Crippen molar-refractivity contribution in [1.29, 1.82) is 0 Å². The van der Waals surface area contributed by atoms with E-state index in [0.29, 0.717) is 24.7 Å². The van der Waals surface area contributed by atoms with Crippen molar-refractivity contribution in [1.82, 2.24) is 15.3 Å². The number of nitrogens with one attached hydrogen (secondary N) is 2. The third kappa shape index (κ3) is 5.54. The maximum absolute atomic E-state index is 12.4. The van der Waals surface area contributed by atoms with Gasteiger partial charge >= 0.3 is 0 Å². The molecule has 144 valence electrons. The predicted octanol–water partition coefficient (Wildman–Crippen LogP) is 3.38. The summed E-state index contributed by atoms with van der Waals surface area (Å²) in [5, 5.41) is 6.09. The van der Waals surface area contributed by atoms with Crippen LogP contribution in [0.25, 0.3) is 0 Å². The Morgan fingerprint density at radius 2 is 1.75 bits per heavy atom. The third-order valence-corrected chi connectivity index (χ3v) is 4.24. The molecule has 1 aromatic heterocycles. The van der Waals surface area contributed by atoms with Crippen molar-refractivity contribution in [3.63, 3.8) is 0 Å². The van der Waals surface area contributed by atoms with Crippen molar-refractivity contribution < 1.29 is 9.53 Å². The van der Waals surface area contributed by atoms with Crippen LogP contribution in [0.3, 0.4) is 0 Å². The molecule has 0 saturated carbocycles. The molecule has 0 fully saturated rings. The lowest BCUT2D eigenvalue weighted by atomic mass is 10.1. The van der Waals surface area contributed by atoms with E-state index in [1.54, 1.807) is 13.2 Å². The quantitative estimate of drug-likeness (QED) is 0.630. The van der Waals surface area contributed by atoms with Gasteiger partial charge in [-0.05, 0) is 42.7 Å². The summed E-state index contributed by atoms with van der Waals surface area (Å²) in [6, 6.07) is 19.4. The molecular formula is C22H24N4O2. The molecule has 0 aliphatic heterocycles. The first kappa shape index (κ1) is 19.4. The molecule has 1 heterocycles. The minimum atomic E-state index is -0.215. The molecule has 6 nitrogen and oxygen atoms in total. The van der Waals surface area contributed by atoms with Gasteiger partial charge in [0.2, 0.25) is 5.95 Å². The molecule has 2 aromatic carbocycles. The fraction of sp³-hybridized carbons (Fsp3) is 0.227. The topological polar surface area (TPSA) is 76.1 Å². The third-order valence-electron chi connectivity index (χ3n) is 4.24. The van der Waals surface area contributed by atoms with Gasteiger partial charge in [0.15, 0.2) is 0 Å². The smallest absolute Gasteiger partial charge is 0.270 e. The molecule has 0 aliphatic carbocycles. The van der Waals surface area contributed by atoms with Crippen molar-refractivity contribution in [3.8, 4) is 5.75 Å². The minimum Gasteiger partial charge on any atom is -0.497 e. The highest BCUT2D eigenvalue weighted by Crippen LogP contribution is 2.12. The van der Waals surface area contributed by atoms with E-state index >= 15 is 0 Å². The lowest BCUT2D eigenvalue weighted by molar-refractivity contribution is 0.0945. The highest BCUT2D eigenvalue weighted by atomic mass is 16.5. The van der Waals surface area contributed by atoms with E-state index in [1.807, 2.05) is 61.5 Å². The van der Waals surface area contributed by atoms with Crippen molar-refractivity contribution in [2.75, 3.05) is 19.0 Å². The zero-order chi connectivity index (χ0) is 19.8. The highest BCUT2D eigenvalue weighted by molar-refractivity contribution is 5.92. The Balaban J connectivity index is 1.56. The number of hydrogen-bond donors (Lipinski definition) is 2. The van der Waals surface area contributed by atoms with Crippen LogP contribution in [0.5, 0.6) is 5.75 Å². The summed E-state index contributed by atoms with van der Waals surface area (Å²) in [5.41, 5.74) is 3.32. The van der Waals surface area contributed by atoms with Crippen LogP contribution in [-0.4, -0.2) is 29.5 Å². The van der Waals surface area contributed by atoms with Crippen molar-refractivity contribution in [3.05, 3.63) is 83.2 Å². The first-order chi connectivity index (χ1) is 13.6. The maximum Gasteiger partial charge on any atom is 0.270 e. The van der Waals surface area contributed by atoms with Gasteiger partial charge in [-0.15, -0.1) is 0 Å². The number of ether oxygens (including phenoxy) is 1. The van der Waals surface area contributed by atoms with Gasteiger partial charge in [-0.1, -0.05) is 42.5 Å². The van der Waals surface area contributed by atoms with Gasteiger partial charge in [0, 0.05) is 18.8 Å². The highest BCUT2D eigenvalue weighted by Gasteiger charge is 2.10. The number of aryl methyl sites for hydroxylation is 1. The summed E-state index contributed by atoms with van der Waals surface area (Å²) in [6.07, 6.45) is 0.816. The maximum atomic E-state index is 12.4. The van der Waals surface area contributed by atoms with Crippen LogP contribution in [0.15, 0.2) is 60.7 Å². The van der Waals surface area contributed by atoms with Crippen LogP contribution >= 0.6 is 0 Å². The van der Waals surface area contributed by atoms with Crippen LogP contribution in [0, 0.1) is 6.92 Å². The molecule has 6 heteroatoms. The SMILES string of the molecule is COc1ccc(CCNc2nc(C)cc(C(=O)NCc3ccccc3)n2)cc1. The van der Waals surface area contributed by atoms with E-state index in [4.69, 9.17) is 4.74 Å². The Bertz CT molecular complexity index is 912. The summed E-state index contributed by atoms with van der Waals surface area (Å²) in [5.74, 6) is 1.08.